The maximum atomic E-state index is 11.6. The molecule has 6 heteroatoms. The van der Waals surface area contributed by atoms with E-state index in [1.165, 1.54) is 0 Å². The highest BCUT2D eigenvalue weighted by Crippen LogP contribution is 2.18. The topological polar surface area (TPSA) is 61.9 Å². The van der Waals surface area contributed by atoms with Gasteiger partial charge in [0.25, 0.3) is 0 Å². The minimum Gasteiger partial charge on any atom is -0.466 e. The average Bonchev–Trinajstić information content (AvgIpc) is 2.83. The lowest BCUT2D eigenvalue weighted by molar-refractivity contribution is -0.149. The van der Waals surface area contributed by atoms with Crippen molar-refractivity contribution >= 4 is 12.0 Å². The lowest BCUT2D eigenvalue weighted by Gasteiger charge is -2.31. The van der Waals surface area contributed by atoms with E-state index in [9.17, 15) is 9.59 Å². The number of amides is 2. The van der Waals surface area contributed by atoms with Gasteiger partial charge in [0.2, 0.25) is 0 Å². The van der Waals surface area contributed by atoms with Gasteiger partial charge in [-0.15, -0.1) is 0 Å². The molecule has 2 fully saturated rings. The molecule has 0 unspecified atom stereocenters. The van der Waals surface area contributed by atoms with Gasteiger partial charge in [-0.2, -0.15) is 0 Å². The molecular formula is C13H23N3O3. The number of rotatable bonds is 5. The fourth-order valence-electron chi connectivity index (χ4n) is 2.64. The Labute approximate surface area is 114 Å². The first-order chi connectivity index (χ1) is 9.20. The Morgan fingerprint density at radius 3 is 2.63 bits per heavy atom. The summed E-state index contributed by atoms with van der Waals surface area (Å²) in [6.45, 7) is 7.36. The van der Waals surface area contributed by atoms with E-state index in [2.05, 4.69) is 10.2 Å². The van der Waals surface area contributed by atoms with E-state index in [0.29, 0.717) is 6.61 Å². The molecule has 0 aromatic carbocycles. The smallest absolute Gasteiger partial charge is 0.317 e. The van der Waals surface area contributed by atoms with E-state index in [1.807, 2.05) is 11.8 Å². The second-order valence-electron chi connectivity index (χ2n) is 5.09. The number of carbonyl (C=O) groups is 2. The van der Waals surface area contributed by atoms with Crippen LogP contribution in [-0.4, -0.2) is 67.7 Å². The fourth-order valence-corrected chi connectivity index (χ4v) is 2.64. The summed E-state index contributed by atoms with van der Waals surface area (Å²) in [5.41, 5.74) is 0. The van der Waals surface area contributed by atoms with Crippen LogP contribution in [0.5, 0.6) is 0 Å². The molecule has 1 N–H and O–H groups in total. The average molecular weight is 269 g/mol. The molecule has 0 saturated carbocycles. The van der Waals surface area contributed by atoms with Gasteiger partial charge in [-0.25, -0.2) is 4.79 Å². The Bertz CT molecular complexity index is 327. The van der Waals surface area contributed by atoms with Gasteiger partial charge in [0.1, 0.15) is 0 Å². The highest BCUT2D eigenvalue weighted by Gasteiger charge is 2.26. The van der Waals surface area contributed by atoms with Crippen LogP contribution in [0.3, 0.4) is 0 Å². The first kappa shape index (κ1) is 14.1. The summed E-state index contributed by atoms with van der Waals surface area (Å²) in [7, 11) is 0. The molecule has 2 amide bonds. The molecule has 0 atom stereocenters. The van der Waals surface area contributed by atoms with Crippen LogP contribution in [0.25, 0.3) is 0 Å². The van der Waals surface area contributed by atoms with E-state index in [1.54, 1.807) is 0 Å². The van der Waals surface area contributed by atoms with Gasteiger partial charge < -0.3 is 19.9 Å². The number of ether oxygens (including phenoxy) is 1. The molecule has 0 spiro atoms. The van der Waals surface area contributed by atoms with Crippen LogP contribution in [0.4, 0.5) is 4.79 Å². The number of hydrogen-bond acceptors (Lipinski definition) is 4. The predicted octanol–water partition coefficient (Wildman–Crippen LogP) is 0.287. The quantitative estimate of drug-likeness (QED) is 0.729. The molecular weight excluding hydrogens is 246 g/mol. The highest BCUT2D eigenvalue weighted by atomic mass is 16.5. The van der Waals surface area contributed by atoms with Crippen molar-refractivity contribution in [3.8, 4) is 0 Å². The monoisotopic (exact) mass is 269 g/mol. The Morgan fingerprint density at radius 1 is 1.32 bits per heavy atom. The molecule has 2 saturated heterocycles. The van der Waals surface area contributed by atoms with Crippen molar-refractivity contribution < 1.29 is 14.3 Å². The van der Waals surface area contributed by atoms with Gasteiger partial charge in [0.15, 0.2) is 0 Å². The first-order valence-electron chi connectivity index (χ1n) is 7.12. The van der Waals surface area contributed by atoms with Crippen LogP contribution in [0.1, 0.15) is 19.8 Å². The molecule has 108 valence electrons. The Morgan fingerprint density at radius 2 is 2.05 bits per heavy atom. The van der Waals surface area contributed by atoms with Gasteiger partial charge in [-0.05, 0) is 32.9 Å². The van der Waals surface area contributed by atoms with Crippen molar-refractivity contribution in [2.45, 2.75) is 19.8 Å². The number of esters is 1. The van der Waals surface area contributed by atoms with Gasteiger partial charge in [-0.3, -0.25) is 4.79 Å². The zero-order valence-corrected chi connectivity index (χ0v) is 11.6. The standard InChI is InChI=1S/C13H23N3O3/c1-2-19-12(17)11-3-6-15(7-4-11)9-10-16-8-5-14-13(16)18/h11H,2-10H2,1H3,(H,14,18). The lowest BCUT2D eigenvalue weighted by Crippen LogP contribution is -2.42. The molecule has 2 rings (SSSR count). The van der Waals surface area contributed by atoms with E-state index in [4.69, 9.17) is 4.74 Å². The summed E-state index contributed by atoms with van der Waals surface area (Å²) in [6, 6.07) is 0.0430. The van der Waals surface area contributed by atoms with Crippen molar-refractivity contribution in [1.29, 1.82) is 0 Å². The second-order valence-corrected chi connectivity index (χ2v) is 5.09. The molecule has 19 heavy (non-hydrogen) atoms. The van der Waals surface area contributed by atoms with Crippen molar-refractivity contribution in [3.63, 3.8) is 0 Å². The molecule has 0 aromatic rings. The fraction of sp³-hybridized carbons (Fsp3) is 0.846. The van der Waals surface area contributed by atoms with Crippen LogP contribution in [0, 0.1) is 5.92 Å². The van der Waals surface area contributed by atoms with Gasteiger partial charge in [-0.1, -0.05) is 0 Å². The van der Waals surface area contributed by atoms with E-state index >= 15 is 0 Å². The van der Waals surface area contributed by atoms with Crippen molar-refractivity contribution in [2.24, 2.45) is 5.92 Å². The third-order valence-corrected chi connectivity index (χ3v) is 3.84. The number of piperidine rings is 1. The maximum Gasteiger partial charge on any atom is 0.317 e. The number of nitrogens with one attached hydrogen (secondary N) is 1. The zero-order valence-electron chi connectivity index (χ0n) is 11.6. The van der Waals surface area contributed by atoms with Crippen molar-refractivity contribution in [1.82, 2.24) is 15.1 Å². The predicted molar refractivity (Wildman–Crippen MR) is 70.8 cm³/mol. The molecule has 2 aliphatic heterocycles. The second kappa shape index (κ2) is 6.75. The van der Waals surface area contributed by atoms with Crippen LogP contribution in [0.15, 0.2) is 0 Å². The normalized spacial score (nSPS) is 21.5. The first-order valence-corrected chi connectivity index (χ1v) is 7.12. The molecule has 2 aliphatic rings. The third-order valence-electron chi connectivity index (χ3n) is 3.84. The molecule has 0 bridgehead atoms. The summed E-state index contributed by atoms with van der Waals surface area (Å²) < 4.78 is 5.05. The van der Waals surface area contributed by atoms with Crippen LogP contribution < -0.4 is 5.32 Å². The van der Waals surface area contributed by atoms with E-state index in [0.717, 1.165) is 52.1 Å². The van der Waals surface area contributed by atoms with Gasteiger partial charge >= 0.3 is 12.0 Å². The van der Waals surface area contributed by atoms with E-state index < -0.39 is 0 Å². The number of urea groups is 1. The Hall–Kier alpha value is -1.30. The highest BCUT2D eigenvalue weighted by molar-refractivity contribution is 5.76. The zero-order chi connectivity index (χ0) is 13.7. The summed E-state index contributed by atoms with van der Waals surface area (Å²) in [6.07, 6.45) is 1.73. The van der Waals surface area contributed by atoms with Crippen molar-refractivity contribution in [2.75, 3.05) is 45.9 Å². The minimum absolute atomic E-state index is 0.0430. The number of nitrogens with zero attached hydrogens (tertiary/aromatic N) is 2. The molecule has 2 heterocycles. The Kier molecular flexibility index (Phi) is 5.01. The van der Waals surface area contributed by atoms with Crippen LogP contribution in [0.2, 0.25) is 0 Å². The van der Waals surface area contributed by atoms with Gasteiger partial charge in [0, 0.05) is 26.2 Å². The van der Waals surface area contributed by atoms with Gasteiger partial charge in [0.05, 0.1) is 12.5 Å². The largest absolute Gasteiger partial charge is 0.466 e. The summed E-state index contributed by atoms with van der Waals surface area (Å²) in [5, 5.41) is 2.80. The van der Waals surface area contributed by atoms with Crippen LogP contribution >= 0.6 is 0 Å². The summed E-state index contributed by atoms with van der Waals surface area (Å²) >= 11 is 0. The lowest BCUT2D eigenvalue weighted by atomic mass is 9.97. The summed E-state index contributed by atoms with van der Waals surface area (Å²) in [4.78, 5) is 27.2. The molecule has 0 aliphatic carbocycles. The minimum atomic E-state index is -0.0546. The van der Waals surface area contributed by atoms with E-state index in [-0.39, 0.29) is 17.9 Å². The maximum absolute atomic E-state index is 11.6. The summed E-state index contributed by atoms with van der Waals surface area (Å²) in [5.74, 6) is 0.00681. The van der Waals surface area contributed by atoms with Crippen molar-refractivity contribution in [3.05, 3.63) is 0 Å². The SMILES string of the molecule is CCOC(=O)C1CCN(CCN2CCNC2=O)CC1. The molecule has 0 aromatic heterocycles. The molecule has 0 radical (unpaired) electrons. The van der Waals surface area contributed by atoms with Crippen LogP contribution in [-0.2, 0) is 9.53 Å². The number of likely N-dealkylation sites (tertiary alicyclic amines) is 1. The number of carbonyl (C=O) groups excluding carboxylic acids is 2. The Balaban J connectivity index is 1.66. The number of hydrogen-bond donors (Lipinski definition) is 1. The molecule has 6 nitrogen and oxygen atoms in total. The third kappa shape index (κ3) is 3.83.